The van der Waals surface area contributed by atoms with Crippen molar-refractivity contribution in [2.24, 2.45) is 5.89 Å². The van der Waals surface area contributed by atoms with E-state index in [1.807, 2.05) is 6.92 Å². The zero-order valence-electron chi connectivity index (χ0n) is 5.90. The molecule has 0 fully saturated rings. The van der Waals surface area contributed by atoms with Crippen LogP contribution in [-0.4, -0.2) is 6.29 Å². The number of carbonyl (C=O) groups is 1. The van der Waals surface area contributed by atoms with E-state index in [1.165, 1.54) is 0 Å². The van der Waals surface area contributed by atoms with Crippen LogP contribution in [0.1, 0.15) is 28.1 Å². The Morgan fingerprint density at radius 3 is 2.71 bits per heavy atom. The van der Waals surface area contributed by atoms with Crippen molar-refractivity contribution in [3.05, 3.63) is 0 Å². The molecule has 0 aliphatic carbocycles. The maximum absolute atomic E-state index is 10.0. The average Bonchev–Trinajstić information content (AvgIpc) is 1.67. The van der Waals surface area contributed by atoms with E-state index in [1.54, 1.807) is 6.92 Å². The Morgan fingerprint density at radius 2 is 2.57 bits per heavy atom. The van der Waals surface area contributed by atoms with Crippen molar-refractivity contribution in [2.75, 3.05) is 0 Å². The van der Waals surface area contributed by atoms with E-state index in [-0.39, 0.29) is 0 Å². The Hall–Kier alpha value is -0.330. The lowest BCUT2D eigenvalue weighted by Gasteiger charge is -1.94. The average molecular weight is 101 g/mol. The molecule has 0 aromatic carbocycles. The summed E-state index contributed by atoms with van der Waals surface area (Å²) < 4.78 is 7.21. The van der Waals surface area contributed by atoms with Crippen LogP contribution in [0.5, 0.6) is 0 Å². The normalized spacial score (nSPS) is 20.0. The first-order valence-corrected chi connectivity index (χ1v) is 2.59. The van der Waals surface area contributed by atoms with E-state index >= 15 is 0 Å². The molecule has 0 bridgehead atoms. The Bertz CT molecular complexity index is 78.6. The summed E-state index contributed by atoms with van der Waals surface area (Å²) in [5.74, 6) is -0.839. The van der Waals surface area contributed by atoms with E-state index < -0.39 is 5.89 Å². The highest BCUT2D eigenvalue weighted by Gasteiger charge is 1.93. The third-order valence-corrected chi connectivity index (χ3v) is 0.846. The van der Waals surface area contributed by atoms with Gasteiger partial charge >= 0.3 is 0 Å². The van der Waals surface area contributed by atoms with Gasteiger partial charge in [0.15, 0.2) is 0 Å². The monoisotopic (exact) mass is 101 g/mol. The van der Waals surface area contributed by atoms with Crippen LogP contribution in [-0.2, 0) is 4.79 Å². The topological polar surface area (TPSA) is 17.1 Å². The van der Waals surface area contributed by atoms with Gasteiger partial charge in [0.25, 0.3) is 0 Å². The predicted octanol–water partition coefficient (Wildman–Crippen LogP) is 1.62. The molecule has 1 unspecified atom stereocenters. The number of rotatable bonds is 3. The third-order valence-electron chi connectivity index (χ3n) is 0.846. The molecule has 1 atom stereocenters. The molecule has 0 aromatic heterocycles. The molecule has 0 rings (SSSR count). The molecule has 1 heteroatoms. The van der Waals surface area contributed by atoms with Gasteiger partial charge in [-0.2, -0.15) is 0 Å². The molecular weight excluding hydrogens is 88.1 g/mol. The largest absolute Gasteiger partial charge is 0.303 e. The van der Waals surface area contributed by atoms with E-state index in [4.69, 9.17) is 1.37 Å². The molecule has 0 saturated heterocycles. The van der Waals surface area contributed by atoms with E-state index in [9.17, 15) is 4.79 Å². The highest BCUT2D eigenvalue weighted by molar-refractivity contribution is 5.52. The molecule has 0 spiro atoms. The summed E-state index contributed by atoms with van der Waals surface area (Å²) in [6, 6.07) is 0. The van der Waals surface area contributed by atoms with Crippen LogP contribution in [0.15, 0.2) is 0 Å². The standard InChI is InChI=1S/C6H12O/c1-3-4-6(2)5-7/h5-6H,3-4H2,1-2H3/i6D. The molecule has 42 valence electrons. The molecule has 0 radical (unpaired) electrons. The van der Waals surface area contributed by atoms with Gasteiger partial charge in [0.1, 0.15) is 6.29 Å². The maximum atomic E-state index is 10.0. The fourth-order valence-corrected chi connectivity index (χ4v) is 0.453. The quantitative estimate of drug-likeness (QED) is 0.494. The second-order valence-corrected chi connectivity index (χ2v) is 1.71. The first kappa shape index (κ1) is 4.82. The summed E-state index contributed by atoms with van der Waals surface area (Å²) in [6.45, 7) is 3.60. The first-order valence-electron chi connectivity index (χ1n) is 3.09. The Balaban J connectivity index is 3.53. The van der Waals surface area contributed by atoms with Crippen molar-refractivity contribution in [3.63, 3.8) is 0 Å². The zero-order chi connectivity index (χ0) is 6.62. The summed E-state index contributed by atoms with van der Waals surface area (Å²) in [5.41, 5.74) is 0. The molecule has 0 aliphatic rings. The van der Waals surface area contributed by atoms with Crippen LogP contribution in [0.25, 0.3) is 0 Å². The molecule has 0 heterocycles. The molecule has 0 saturated carbocycles. The second-order valence-electron chi connectivity index (χ2n) is 1.71. The van der Waals surface area contributed by atoms with Crippen molar-refractivity contribution in [1.82, 2.24) is 0 Å². The van der Waals surface area contributed by atoms with Gasteiger partial charge in [0.2, 0.25) is 0 Å². The minimum Gasteiger partial charge on any atom is -0.303 e. The molecule has 0 N–H and O–H groups in total. The van der Waals surface area contributed by atoms with Crippen LogP contribution in [0, 0.1) is 5.89 Å². The van der Waals surface area contributed by atoms with Crippen LogP contribution in [0.2, 0.25) is 0 Å². The van der Waals surface area contributed by atoms with Gasteiger partial charge in [-0.25, -0.2) is 0 Å². The molecule has 0 amide bonds. The predicted molar refractivity (Wildman–Crippen MR) is 30.1 cm³/mol. The number of carbonyl (C=O) groups excluding carboxylic acids is 1. The summed E-state index contributed by atoms with van der Waals surface area (Å²) in [7, 11) is 0. The minimum absolute atomic E-state index is 0.663. The Kier molecular flexibility index (Phi) is 2.65. The summed E-state index contributed by atoms with van der Waals surface area (Å²) in [4.78, 5) is 10.0. The molecular formula is C6H12O. The van der Waals surface area contributed by atoms with Crippen molar-refractivity contribution < 1.29 is 6.17 Å². The van der Waals surface area contributed by atoms with Gasteiger partial charge in [0.05, 0.1) is 0 Å². The van der Waals surface area contributed by atoms with Gasteiger partial charge < -0.3 is 4.79 Å². The van der Waals surface area contributed by atoms with Crippen molar-refractivity contribution in [1.29, 1.82) is 0 Å². The number of hydrogen-bond acceptors (Lipinski definition) is 1. The second kappa shape index (κ2) is 3.85. The van der Waals surface area contributed by atoms with Gasteiger partial charge in [-0.15, -0.1) is 0 Å². The maximum Gasteiger partial charge on any atom is 0.122 e. The van der Waals surface area contributed by atoms with Gasteiger partial charge in [-0.05, 0) is 6.42 Å². The Morgan fingerprint density at radius 1 is 2.00 bits per heavy atom. The lowest BCUT2D eigenvalue weighted by atomic mass is 10.1. The number of aldehydes is 1. The molecule has 7 heavy (non-hydrogen) atoms. The molecule has 0 aromatic rings. The van der Waals surface area contributed by atoms with Gasteiger partial charge in [-0.3, -0.25) is 0 Å². The van der Waals surface area contributed by atoms with E-state index in [2.05, 4.69) is 0 Å². The van der Waals surface area contributed by atoms with Gasteiger partial charge in [-0.1, -0.05) is 20.3 Å². The third kappa shape index (κ3) is 3.50. The molecule has 0 aliphatic heterocycles. The van der Waals surface area contributed by atoms with Gasteiger partial charge in [0, 0.05) is 7.26 Å². The first-order chi connectivity index (χ1) is 3.62. The van der Waals surface area contributed by atoms with Crippen LogP contribution in [0.4, 0.5) is 0 Å². The zero-order valence-corrected chi connectivity index (χ0v) is 4.90. The highest BCUT2D eigenvalue weighted by Crippen LogP contribution is 1.98. The fraction of sp³-hybridized carbons (Fsp3) is 0.833. The lowest BCUT2D eigenvalue weighted by Crippen LogP contribution is -1.92. The van der Waals surface area contributed by atoms with Crippen molar-refractivity contribution >= 4 is 6.29 Å². The van der Waals surface area contributed by atoms with Crippen LogP contribution >= 0.6 is 0 Å². The highest BCUT2D eigenvalue weighted by atomic mass is 16.1. The lowest BCUT2D eigenvalue weighted by molar-refractivity contribution is -0.110. The number of hydrogen-bond donors (Lipinski definition) is 0. The van der Waals surface area contributed by atoms with Crippen molar-refractivity contribution in [3.8, 4) is 0 Å². The smallest absolute Gasteiger partial charge is 0.122 e. The fourth-order valence-electron chi connectivity index (χ4n) is 0.453. The SMILES string of the molecule is [2H]C(C)(C=O)CCC. The van der Waals surface area contributed by atoms with Crippen LogP contribution < -0.4 is 0 Å². The molecule has 1 nitrogen and oxygen atoms in total. The van der Waals surface area contributed by atoms with E-state index in [0.29, 0.717) is 12.7 Å². The summed E-state index contributed by atoms with van der Waals surface area (Å²) in [6.07, 6.45) is 2.26. The summed E-state index contributed by atoms with van der Waals surface area (Å²) >= 11 is 0. The van der Waals surface area contributed by atoms with Crippen molar-refractivity contribution in [2.45, 2.75) is 26.7 Å². The summed E-state index contributed by atoms with van der Waals surface area (Å²) in [5, 5.41) is 0. The Labute approximate surface area is 46.1 Å². The minimum atomic E-state index is -0.839. The van der Waals surface area contributed by atoms with E-state index in [0.717, 1.165) is 6.42 Å². The van der Waals surface area contributed by atoms with Crippen LogP contribution in [0.3, 0.4) is 0 Å².